The minimum Gasteiger partial charge on any atom is -0.371 e. The summed E-state index contributed by atoms with van der Waals surface area (Å²) in [5.41, 5.74) is 6.51. The molecule has 294 valence electrons. The van der Waals surface area contributed by atoms with Crippen molar-refractivity contribution in [3.63, 3.8) is 0 Å². The summed E-state index contributed by atoms with van der Waals surface area (Å²) >= 11 is 6.34. The normalized spacial score (nSPS) is 22.3. The van der Waals surface area contributed by atoms with Gasteiger partial charge in [0.1, 0.15) is 6.04 Å². The zero-order valence-electron chi connectivity index (χ0n) is 32.0. The van der Waals surface area contributed by atoms with Crippen molar-refractivity contribution in [2.45, 2.75) is 70.5 Å². The van der Waals surface area contributed by atoms with E-state index in [1.54, 1.807) is 0 Å². The van der Waals surface area contributed by atoms with Crippen LogP contribution in [-0.2, 0) is 22.7 Å². The fourth-order valence-corrected chi connectivity index (χ4v) is 10.2. The number of carbonyl (C=O) groups is 5. The summed E-state index contributed by atoms with van der Waals surface area (Å²) in [6, 6.07) is 16.6. The molecule has 4 saturated heterocycles. The first-order chi connectivity index (χ1) is 27.6. The molecule has 1 spiro atoms. The van der Waals surface area contributed by atoms with Gasteiger partial charge in [-0.3, -0.25) is 39.1 Å². The number of rotatable bonds is 7. The summed E-state index contributed by atoms with van der Waals surface area (Å²) in [5, 5.41) is 2.76. The number of carbonyl (C=O) groups excluding carboxylic acids is 5. The average molecular weight is 788 g/mol. The van der Waals surface area contributed by atoms with Crippen LogP contribution in [0.4, 0.5) is 17.1 Å². The minimum atomic E-state index is -0.961. The van der Waals surface area contributed by atoms with Gasteiger partial charge in [0.15, 0.2) is 0 Å². The maximum Gasteiger partial charge on any atom is 0.262 e. The Labute approximate surface area is 337 Å². The Morgan fingerprint density at radius 1 is 0.807 bits per heavy atom. The molecule has 3 aromatic rings. The van der Waals surface area contributed by atoms with Crippen LogP contribution in [0.2, 0.25) is 5.02 Å². The average Bonchev–Trinajstić information content (AvgIpc) is 3.90. The van der Waals surface area contributed by atoms with Crippen molar-refractivity contribution < 1.29 is 24.0 Å². The fourth-order valence-electron chi connectivity index (χ4n) is 9.97. The van der Waals surface area contributed by atoms with Crippen LogP contribution in [0.1, 0.15) is 93.6 Å². The highest BCUT2D eigenvalue weighted by molar-refractivity contribution is 6.33. The third-order valence-electron chi connectivity index (χ3n) is 13.5. The van der Waals surface area contributed by atoms with Crippen molar-refractivity contribution in [2.24, 2.45) is 11.3 Å². The number of likely N-dealkylation sites (tertiary alicyclic amines) is 1. The van der Waals surface area contributed by atoms with Crippen LogP contribution in [0.5, 0.6) is 0 Å². The van der Waals surface area contributed by atoms with Crippen LogP contribution >= 0.6 is 11.6 Å². The van der Waals surface area contributed by atoms with Crippen LogP contribution in [0.25, 0.3) is 4.85 Å². The Balaban J connectivity index is 0.720. The standard InChI is InChI=1S/C44H46ClN7O5/c1-46-37-7-6-33(24-36(37)45)51-21-15-44(27-51)13-19-49(20-14-44)32-4-2-29(3-5-32)41(55)50-17-11-28(12-18-50)10-16-48-25-30-22-34-35(23-31(30)26-48)43(57)52(42(34)56)38-8-9-39(53)47-40(38)54/h2-7,22-24,28,38H,8-21,25-27H2,(H,47,53,54). The number of imide groups is 2. The molecule has 0 bridgehead atoms. The van der Waals surface area contributed by atoms with E-state index in [0.29, 0.717) is 40.8 Å². The molecule has 6 heterocycles. The van der Waals surface area contributed by atoms with Gasteiger partial charge in [-0.1, -0.05) is 17.7 Å². The lowest BCUT2D eigenvalue weighted by Gasteiger charge is -2.40. The van der Waals surface area contributed by atoms with Crippen molar-refractivity contribution in [2.75, 3.05) is 55.6 Å². The predicted octanol–water partition coefficient (Wildman–Crippen LogP) is 6.05. The first-order valence-electron chi connectivity index (χ1n) is 20.2. The third-order valence-corrected chi connectivity index (χ3v) is 13.8. The van der Waals surface area contributed by atoms with Gasteiger partial charge in [-0.05, 0) is 122 Å². The van der Waals surface area contributed by atoms with Crippen LogP contribution in [0, 0.1) is 17.9 Å². The minimum absolute atomic E-state index is 0.0940. The number of halogens is 1. The molecule has 0 radical (unpaired) electrons. The summed E-state index contributed by atoms with van der Waals surface area (Å²) in [7, 11) is 0. The molecular formula is C44H46ClN7O5. The molecule has 0 aliphatic carbocycles. The van der Waals surface area contributed by atoms with E-state index in [0.717, 1.165) is 117 Å². The van der Waals surface area contributed by atoms with E-state index in [1.165, 1.54) is 0 Å². The largest absolute Gasteiger partial charge is 0.371 e. The van der Waals surface area contributed by atoms with E-state index in [1.807, 2.05) is 47.4 Å². The lowest BCUT2D eigenvalue weighted by Crippen LogP contribution is -2.54. The number of hydrogen-bond acceptors (Lipinski definition) is 8. The molecule has 4 fully saturated rings. The smallest absolute Gasteiger partial charge is 0.262 e. The van der Waals surface area contributed by atoms with E-state index in [9.17, 15) is 24.0 Å². The third kappa shape index (κ3) is 7.06. The molecule has 0 saturated carbocycles. The zero-order valence-corrected chi connectivity index (χ0v) is 32.7. The zero-order chi connectivity index (χ0) is 39.4. The SMILES string of the molecule is [C-]#[N+]c1ccc(N2CCC3(CCN(c4ccc(C(=O)N5CCC(CCN6Cc7cc8c(cc7C6)C(=O)N(C6CCC(=O)NC6=O)C8=O)CC5)cc4)CC3)C2)cc1Cl. The molecular weight excluding hydrogens is 742 g/mol. The van der Waals surface area contributed by atoms with Crippen molar-refractivity contribution in [1.29, 1.82) is 0 Å². The van der Waals surface area contributed by atoms with Crippen molar-refractivity contribution >= 4 is 58.2 Å². The summed E-state index contributed by atoms with van der Waals surface area (Å²) < 4.78 is 0. The maximum absolute atomic E-state index is 13.5. The molecule has 3 aromatic carbocycles. The number of nitrogens with one attached hydrogen (secondary N) is 1. The van der Waals surface area contributed by atoms with Gasteiger partial charge in [0.2, 0.25) is 17.5 Å². The van der Waals surface area contributed by atoms with Crippen molar-refractivity contribution in [1.82, 2.24) is 20.0 Å². The van der Waals surface area contributed by atoms with Gasteiger partial charge < -0.3 is 14.7 Å². The number of hydrogen-bond donors (Lipinski definition) is 1. The topological polar surface area (TPSA) is 118 Å². The van der Waals surface area contributed by atoms with Gasteiger partial charge >= 0.3 is 0 Å². The molecule has 12 nitrogen and oxygen atoms in total. The summed E-state index contributed by atoms with van der Waals surface area (Å²) in [4.78, 5) is 77.8. The van der Waals surface area contributed by atoms with Crippen LogP contribution in [-0.4, -0.2) is 96.1 Å². The highest BCUT2D eigenvalue weighted by atomic mass is 35.5. The molecule has 1 unspecified atom stereocenters. The highest BCUT2D eigenvalue weighted by Gasteiger charge is 2.46. The van der Waals surface area contributed by atoms with Gasteiger partial charge in [0.25, 0.3) is 17.7 Å². The maximum atomic E-state index is 13.5. The Kier molecular flexibility index (Phi) is 9.77. The molecule has 1 N–H and O–H groups in total. The van der Waals surface area contributed by atoms with Gasteiger partial charge in [-0.25, -0.2) is 4.85 Å². The molecule has 6 aliphatic rings. The van der Waals surface area contributed by atoms with Crippen LogP contribution < -0.4 is 15.1 Å². The summed E-state index contributed by atoms with van der Waals surface area (Å²) in [6.45, 7) is 15.0. The van der Waals surface area contributed by atoms with E-state index in [2.05, 4.69) is 37.0 Å². The van der Waals surface area contributed by atoms with Gasteiger partial charge in [-0.15, -0.1) is 0 Å². The molecule has 9 rings (SSSR count). The van der Waals surface area contributed by atoms with Crippen LogP contribution in [0.3, 0.4) is 0 Å². The first-order valence-corrected chi connectivity index (χ1v) is 20.6. The number of piperidine rings is 3. The van der Waals surface area contributed by atoms with E-state index in [4.69, 9.17) is 18.2 Å². The molecule has 1 atom stereocenters. The first kappa shape index (κ1) is 37.3. The second-order valence-electron chi connectivity index (χ2n) is 16.8. The second-order valence-corrected chi connectivity index (χ2v) is 17.2. The highest BCUT2D eigenvalue weighted by Crippen LogP contribution is 2.44. The van der Waals surface area contributed by atoms with Gasteiger partial charge in [0, 0.05) is 80.7 Å². The Hall–Kier alpha value is -5.25. The number of benzene rings is 3. The van der Waals surface area contributed by atoms with Crippen molar-refractivity contribution in [3.05, 3.63) is 98.9 Å². The molecule has 5 amide bonds. The van der Waals surface area contributed by atoms with Crippen LogP contribution in [0.15, 0.2) is 54.6 Å². The van der Waals surface area contributed by atoms with Gasteiger partial charge in [0.05, 0.1) is 17.7 Å². The Morgan fingerprint density at radius 3 is 2.05 bits per heavy atom. The lowest BCUT2D eigenvalue weighted by atomic mass is 9.77. The Bertz CT molecular complexity index is 2160. The molecule has 13 heteroatoms. The fraction of sp³-hybridized carbons (Fsp3) is 0.455. The van der Waals surface area contributed by atoms with Gasteiger partial charge in [-0.2, -0.15) is 0 Å². The summed E-state index contributed by atoms with van der Waals surface area (Å²) in [5.74, 6) is -1.31. The van der Waals surface area contributed by atoms with E-state index in [-0.39, 0.29) is 30.1 Å². The second kappa shape index (κ2) is 14.9. The molecule has 6 aliphatic heterocycles. The number of anilines is 2. The Morgan fingerprint density at radius 2 is 1.44 bits per heavy atom. The monoisotopic (exact) mass is 787 g/mol. The predicted molar refractivity (Wildman–Crippen MR) is 215 cm³/mol. The molecule has 57 heavy (non-hydrogen) atoms. The van der Waals surface area contributed by atoms with E-state index >= 15 is 0 Å². The number of nitrogens with zero attached hydrogens (tertiary/aromatic N) is 6. The molecule has 0 aromatic heterocycles. The lowest BCUT2D eigenvalue weighted by molar-refractivity contribution is -0.136. The van der Waals surface area contributed by atoms with E-state index < -0.39 is 23.8 Å². The summed E-state index contributed by atoms with van der Waals surface area (Å²) in [6.07, 6.45) is 6.58. The quantitative estimate of drug-likeness (QED) is 0.228. The number of amides is 5. The van der Waals surface area contributed by atoms with Crippen molar-refractivity contribution in [3.8, 4) is 0 Å². The number of fused-ring (bicyclic) bond motifs is 2.